The Hall–Kier alpha value is -1.83. The summed E-state index contributed by atoms with van der Waals surface area (Å²) in [5, 5.41) is 3.60. The van der Waals surface area contributed by atoms with Crippen molar-refractivity contribution in [3.8, 4) is 5.82 Å². The van der Waals surface area contributed by atoms with Crippen molar-refractivity contribution in [2.45, 2.75) is 5.16 Å². The van der Waals surface area contributed by atoms with Crippen molar-refractivity contribution in [2.24, 2.45) is 0 Å². The molecular weight excluding hydrogens is 218 g/mol. The molecule has 0 spiro atoms. The van der Waals surface area contributed by atoms with Crippen molar-refractivity contribution in [1.82, 2.24) is 24.7 Å². The molecule has 0 amide bonds. The highest BCUT2D eigenvalue weighted by Crippen LogP contribution is 2.04. The molecule has 0 aliphatic rings. The largest absolute Gasteiger partial charge is 0.248 e. The number of rotatable bonds is 2. The first-order chi connectivity index (χ1) is 7.07. The first-order valence-electron chi connectivity index (χ1n) is 3.95. The predicted octanol–water partition coefficient (Wildman–Crippen LogP) is -0.539. The van der Waals surface area contributed by atoms with Crippen molar-refractivity contribution in [3.05, 3.63) is 24.9 Å². The molecule has 7 nitrogen and oxygen atoms in total. The van der Waals surface area contributed by atoms with E-state index in [9.17, 15) is 8.42 Å². The predicted molar refractivity (Wildman–Crippen MR) is 50.1 cm³/mol. The lowest BCUT2D eigenvalue weighted by Crippen LogP contribution is -2.07. The average Bonchev–Trinajstić information content (AvgIpc) is 2.69. The van der Waals surface area contributed by atoms with Gasteiger partial charge in [-0.25, -0.2) is 23.1 Å². The number of aromatic nitrogens is 5. The Bertz CT molecular complexity index is 563. The van der Waals surface area contributed by atoms with Crippen molar-refractivity contribution in [1.29, 1.82) is 0 Å². The van der Waals surface area contributed by atoms with E-state index in [-0.39, 0.29) is 5.16 Å². The second-order valence-corrected chi connectivity index (χ2v) is 4.72. The molecule has 0 bridgehead atoms. The van der Waals surface area contributed by atoms with Crippen molar-refractivity contribution in [3.63, 3.8) is 0 Å². The third kappa shape index (κ3) is 1.99. The van der Waals surface area contributed by atoms with Gasteiger partial charge in [-0.3, -0.25) is 0 Å². The average molecular weight is 225 g/mol. The summed E-state index contributed by atoms with van der Waals surface area (Å²) in [6.45, 7) is 0. The summed E-state index contributed by atoms with van der Waals surface area (Å²) in [6, 6.07) is 1.54. The molecule has 2 heterocycles. The molecule has 2 aromatic heterocycles. The molecule has 0 atom stereocenters. The molecule has 0 aliphatic heterocycles. The summed E-state index contributed by atoms with van der Waals surface area (Å²) in [5.41, 5.74) is 0. The SMILES string of the molecule is CS(=O)(=O)c1nccc(-n2cncn2)n1. The fraction of sp³-hybridized carbons (Fsp3) is 0.143. The third-order valence-corrected chi connectivity index (χ3v) is 2.46. The highest BCUT2D eigenvalue weighted by atomic mass is 32.2. The summed E-state index contributed by atoms with van der Waals surface area (Å²) in [6.07, 6.45) is 5.17. The van der Waals surface area contributed by atoms with Crippen molar-refractivity contribution in [2.75, 3.05) is 6.26 Å². The van der Waals surface area contributed by atoms with Gasteiger partial charge < -0.3 is 0 Å². The van der Waals surface area contributed by atoms with E-state index in [1.165, 1.54) is 23.5 Å². The van der Waals surface area contributed by atoms with Gasteiger partial charge in [0, 0.05) is 18.5 Å². The molecular formula is C7H7N5O2S. The van der Waals surface area contributed by atoms with Gasteiger partial charge in [-0.1, -0.05) is 0 Å². The standard InChI is InChI=1S/C7H7N5O2S/c1-15(13,14)7-9-3-2-6(11-7)12-5-8-4-10-12/h2-5H,1H3. The lowest BCUT2D eigenvalue weighted by molar-refractivity contribution is 0.591. The lowest BCUT2D eigenvalue weighted by Gasteiger charge is -2.00. The van der Waals surface area contributed by atoms with Crippen molar-refractivity contribution < 1.29 is 8.42 Å². The van der Waals surface area contributed by atoms with Crippen LogP contribution < -0.4 is 0 Å². The van der Waals surface area contributed by atoms with Gasteiger partial charge in [0.15, 0.2) is 5.82 Å². The molecule has 78 valence electrons. The number of sulfone groups is 1. The van der Waals surface area contributed by atoms with Gasteiger partial charge in [-0.15, -0.1) is 0 Å². The van der Waals surface area contributed by atoms with Crippen LogP contribution in [0.25, 0.3) is 5.82 Å². The van der Waals surface area contributed by atoms with Crippen LogP contribution >= 0.6 is 0 Å². The molecule has 0 N–H and O–H groups in total. The Morgan fingerprint density at radius 3 is 2.80 bits per heavy atom. The molecule has 2 rings (SSSR count). The van der Waals surface area contributed by atoms with E-state index >= 15 is 0 Å². The minimum absolute atomic E-state index is 0.226. The van der Waals surface area contributed by atoms with Gasteiger partial charge in [0.2, 0.25) is 15.0 Å². The van der Waals surface area contributed by atoms with E-state index in [1.807, 2.05) is 0 Å². The zero-order valence-corrected chi connectivity index (χ0v) is 8.59. The smallest absolute Gasteiger partial charge is 0.227 e. The highest BCUT2D eigenvalue weighted by Gasteiger charge is 2.11. The van der Waals surface area contributed by atoms with E-state index in [0.717, 1.165) is 6.26 Å². The highest BCUT2D eigenvalue weighted by molar-refractivity contribution is 7.90. The normalized spacial score (nSPS) is 11.5. The van der Waals surface area contributed by atoms with Gasteiger partial charge in [0.1, 0.15) is 12.7 Å². The molecule has 0 aliphatic carbocycles. The second-order valence-electron chi connectivity index (χ2n) is 2.81. The molecule has 0 saturated carbocycles. The van der Waals surface area contributed by atoms with Gasteiger partial charge >= 0.3 is 0 Å². The molecule has 0 saturated heterocycles. The Morgan fingerprint density at radius 2 is 2.20 bits per heavy atom. The third-order valence-electron chi connectivity index (χ3n) is 1.60. The molecule has 15 heavy (non-hydrogen) atoms. The molecule has 2 aromatic rings. The topological polar surface area (TPSA) is 90.6 Å². The first kappa shape index (κ1) is 9.71. The maximum absolute atomic E-state index is 11.2. The molecule has 0 unspecified atom stereocenters. The Kier molecular flexibility index (Phi) is 2.19. The number of hydrogen-bond acceptors (Lipinski definition) is 6. The van der Waals surface area contributed by atoms with Gasteiger partial charge in [0.25, 0.3) is 0 Å². The number of hydrogen-bond donors (Lipinski definition) is 0. The number of nitrogens with zero attached hydrogens (tertiary/aromatic N) is 5. The molecule has 0 radical (unpaired) electrons. The van der Waals surface area contributed by atoms with Gasteiger partial charge in [0.05, 0.1) is 0 Å². The fourth-order valence-corrected chi connectivity index (χ4v) is 1.48. The van der Waals surface area contributed by atoms with Crippen LogP contribution in [-0.4, -0.2) is 39.4 Å². The zero-order valence-electron chi connectivity index (χ0n) is 7.77. The molecule has 0 aromatic carbocycles. The Labute approximate surface area is 85.7 Å². The minimum atomic E-state index is -3.40. The van der Waals surface area contributed by atoms with E-state index in [1.54, 1.807) is 6.07 Å². The summed E-state index contributed by atoms with van der Waals surface area (Å²) < 4.78 is 23.7. The van der Waals surface area contributed by atoms with Crippen LogP contribution in [0.5, 0.6) is 0 Å². The van der Waals surface area contributed by atoms with Crippen LogP contribution in [0.3, 0.4) is 0 Å². The molecule has 0 fully saturated rings. The summed E-state index contributed by atoms with van der Waals surface area (Å²) >= 11 is 0. The monoisotopic (exact) mass is 225 g/mol. The quantitative estimate of drug-likeness (QED) is 0.637. The summed E-state index contributed by atoms with van der Waals surface area (Å²) in [5.74, 6) is 0.364. The zero-order chi connectivity index (χ0) is 10.9. The van der Waals surface area contributed by atoms with E-state index in [2.05, 4.69) is 20.1 Å². The van der Waals surface area contributed by atoms with Crippen LogP contribution in [0.4, 0.5) is 0 Å². The van der Waals surface area contributed by atoms with Crippen LogP contribution in [-0.2, 0) is 9.84 Å². The van der Waals surface area contributed by atoms with Crippen LogP contribution in [0.1, 0.15) is 0 Å². The van der Waals surface area contributed by atoms with Crippen LogP contribution in [0.2, 0.25) is 0 Å². The maximum atomic E-state index is 11.2. The van der Waals surface area contributed by atoms with E-state index < -0.39 is 9.84 Å². The van der Waals surface area contributed by atoms with Crippen LogP contribution in [0, 0.1) is 0 Å². The molecule has 8 heteroatoms. The van der Waals surface area contributed by atoms with E-state index in [0.29, 0.717) is 5.82 Å². The summed E-state index contributed by atoms with van der Waals surface area (Å²) in [4.78, 5) is 11.2. The second kappa shape index (κ2) is 3.39. The van der Waals surface area contributed by atoms with Gasteiger partial charge in [-0.05, 0) is 0 Å². The Balaban J connectivity index is 2.53. The Morgan fingerprint density at radius 1 is 1.40 bits per heavy atom. The van der Waals surface area contributed by atoms with Gasteiger partial charge in [-0.2, -0.15) is 10.1 Å². The maximum Gasteiger partial charge on any atom is 0.248 e. The summed E-state index contributed by atoms with van der Waals surface area (Å²) in [7, 11) is -3.40. The fourth-order valence-electron chi connectivity index (χ4n) is 0.965. The first-order valence-corrected chi connectivity index (χ1v) is 5.84. The minimum Gasteiger partial charge on any atom is -0.227 e. The van der Waals surface area contributed by atoms with Crippen LogP contribution in [0.15, 0.2) is 30.1 Å². The lowest BCUT2D eigenvalue weighted by atomic mass is 10.6. The van der Waals surface area contributed by atoms with Crippen molar-refractivity contribution >= 4 is 9.84 Å². The van der Waals surface area contributed by atoms with E-state index in [4.69, 9.17) is 0 Å².